The van der Waals surface area contributed by atoms with E-state index in [0.29, 0.717) is 10.6 Å². The van der Waals surface area contributed by atoms with Crippen molar-refractivity contribution in [2.24, 2.45) is 0 Å². The van der Waals surface area contributed by atoms with Gasteiger partial charge in [-0.2, -0.15) is 0 Å². The smallest absolute Gasteiger partial charge is 0.407 e. The standard InChI is InChI=1S/C16H26N2O6S/c1-6-23-14(21)12-9(2)18-13(25-12)11(20)10(19)7-8-17-15(22)24-16(3,4)5/h10-11,19-20H,6-8H2,1-5H3,(H,17,22). The van der Waals surface area contributed by atoms with Gasteiger partial charge in [0.1, 0.15) is 21.6 Å². The second kappa shape index (κ2) is 9.12. The highest BCUT2D eigenvalue weighted by atomic mass is 32.1. The molecule has 0 fully saturated rings. The average molecular weight is 374 g/mol. The van der Waals surface area contributed by atoms with Gasteiger partial charge in [0.05, 0.1) is 18.4 Å². The summed E-state index contributed by atoms with van der Waals surface area (Å²) in [5, 5.41) is 23.0. The lowest BCUT2D eigenvalue weighted by atomic mass is 10.1. The van der Waals surface area contributed by atoms with Gasteiger partial charge in [0.25, 0.3) is 0 Å². The largest absolute Gasteiger partial charge is 0.462 e. The van der Waals surface area contributed by atoms with Gasteiger partial charge in [0.2, 0.25) is 0 Å². The molecule has 1 heterocycles. The van der Waals surface area contributed by atoms with E-state index >= 15 is 0 Å². The molecule has 1 amide bonds. The van der Waals surface area contributed by atoms with Crippen LogP contribution in [0.15, 0.2) is 0 Å². The molecule has 1 rings (SSSR count). The number of esters is 1. The first-order valence-electron chi connectivity index (χ1n) is 8.02. The second-order valence-corrected chi connectivity index (χ2v) is 7.45. The Bertz CT molecular complexity index is 596. The number of ether oxygens (including phenoxy) is 2. The zero-order valence-electron chi connectivity index (χ0n) is 15.2. The molecule has 0 aliphatic carbocycles. The van der Waals surface area contributed by atoms with Crippen LogP contribution in [0.2, 0.25) is 0 Å². The Morgan fingerprint density at radius 3 is 2.52 bits per heavy atom. The molecule has 142 valence electrons. The third kappa shape index (κ3) is 6.97. The number of alkyl carbamates (subject to hydrolysis) is 1. The van der Waals surface area contributed by atoms with Crippen LogP contribution in [0.3, 0.4) is 0 Å². The van der Waals surface area contributed by atoms with E-state index in [1.807, 2.05) is 0 Å². The fraction of sp³-hybridized carbons (Fsp3) is 0.688. The molecule has 3 N–H and O–H groups in total. The minimum atomic E-state index is -1.26. The number of aryl methyl sites for hydroxylation is 1. The normalized spacial score (nSPS) is 13.9. The van der Waals surface area contributed by atoms with Crippen molar-refractivity contribution in [3.05, 3.63) is 15.6 Å². The average Bonchev–Trinajstić information content (AvgIpc) is 2.86. The van der Waals surface area contributed by atoms with E-state index in [1.54, 1.807) is 34.6 Å². The van der Waals surface area contributed by atoms with E-state index in [-0.39, 0.29) is 24.6 Å². The van der Waals surface area contributed by atoms with Crippen LogP contribution in [-0.4, -0.2) is 52.1 Å². The molecule has 0 saturated carbocycles. The zero-order chi connectivity index (χ0) is 19.2. The van der Waals surface area contributed by atoms with Gasteiger partial charge in [-0.1, -0.05) is 0 Å². The molecule has 0 aliphatic heterocycles. The molecule has 0 saturated heterocycles. The van der Waals surface area contributed by atoms with Crippen LogP contribution in [-0.2, 0) is 9.47 Å². The molecule has 1 aromatic rings. The molecule has 2 atom stereocenters. The van der Waals surface area contributed by atoms with Crippen molar-refractivity contribution < 1.29 is 29.3 Å². The predicted octanol–water partition coefficient (Wildman–Crippen LogP) is 1.94. The number of aliphatic hydroxyl groups is 2. The SMILES string of the molecule is CCOC(=O)c1sc(C(O)C(O)CCNC(=O)OC(C)(C)C)nc1C. The lowest BCUT2D eigenvalue weighted by Crippen LogP contribution is -2.34. The van der Waals surface area contributed by atoms with Crippen molar-refractivity contribution in [2.75, 3.05) is 13.2 Å². The Morgan fingerprint density at radius 2 is 1.96 bits per heavy atom. The fourth-order valence-corrected chi connectivity index (χ4v) is 2.89. The number of aromatic nitrogens is 1. The topological polar surface area (TPSA) is 118 Å². The maximum Gasteiger partial charge on any atom is 0.407 e. The number of hydrogen-bond donors (Lipinski definition) is 3. The van der Waals surface area contributed by atoms with Gasteiger partial charge < -0.3 is 25.0 Å². The Labute approximate surface area is 151 Å². The maximum atomic E-state index is 11.8. The first kappa shape index (κ1) is 21.3. The van der Waals surface area contributed by atoms with Crippen molar-refractivity contribution in [3.63, 3.8) is 0 Å². The first-order valence-corrected chi connectivity index (χ1v) is 8.84. The van der Waals surface area contributed by atoms with Crippen LogP contribution in [0.4, 0.5) is 4.79 Å². The molecule has 0 radical (unpaired) electrons. The van der Waals surface area contributed by atoms with Gasteiger partial charge in [-0.25, -0.2) is 14.6 Å². The predicted molar refractivity (Wildman–Crippen MR) is 92.6 cm³/mol. The number of rotatable bonds is 7. The highest BCUT2D eigenvalue weighted by Crippen LogP contribution is 2.27. The van der Waals surface area contributed by atoms with Crippen LogP contribution >= 0.6 is 11.3 Å². The number of hydrogen-bond acceptors (Lipinski definition) is 8. The third-order valence-corrected chi connectivity index (χ3v) is 4.21. The Kier molecular flexibility index (Phi) is 7.78. The van der Waals surface area contributed by atoms with E-state index in [1.165, 1.54) is 0 Å². The Morgan fingerprint density at radius 1 is 1.32 bits per heavy atom. The maximum absolute atomic E-state index is 11.8. The molecule has 0 aromatic carbocycles. The summed E-state index contributed by atoms with van der Waals surface area (Å²) in [6.45, 7) is 8.95. The van der Waals surface area contributed by atoms with Crippen LogP contribution < -0.4 is 5.32 Å². The van der Waals surface area contributed by atoms with Crippen molar-refractivity contribution >= 4 is 23.4 Å². The third-order valence-electron chi connectivity index (χ3n) is 3.00. The second-order valence-electron chi connectivity index (χ2n) is 6.42. The zero-order valence-corrected chi connectivity index (χ0v) is 16.0. The van der Waals surface area contributed by atoms with Gasteiger partial charge in [0.15, 0.2) is 0 Å². The number of carbonyl (C=O) groups excluding carboxylic acids is 2. The number of aliphatic hydroxyl groups excluding tert-OH is 2. The minimum Gasteiger partial charge on any atom is -0.462 e. The summed E-state index contributed by atoms with van der Waals surface area (Å²) in [5.74, 6) is -0.503. The van der Waals surface area contributed by atoms with Crippen molar-refractivity contribution in [3.8, 4) is 0 Å². The van der Waals surface area contributed by atoms with Crippen molar-refractivity contribution in [1.82, 2.24) is 10.3 Å². The number of carbonyl (C=O) groups is 2. The summed E-state index contributed by atoms with van der Waals surface area (Å²) < 4.78 is 10.00. The Balaban J connectivity index is 2.56. The molecule has 0 spiro atoms. The highest BCUT2D eigenvalue weighted by molar-refractivity contribution is 7.13. The Hall–Kier alpha value is -1.71. The van der Waals surface area contributed by atoms with Gasteiger partial charge in [-0.05, 0) is 41.0 Å². The monoisotopic (exact) mass is 374 g/mol. The van der Waals surface area contributed by atoms with Crippen molar-refractivity contribution in [2.45, 2.75) is 58.8 Å². The van der Waals surface area contributed by atoms with Gasteiger partial charge in [-0.15, -0.1) is 11.3 Å². The quantitative estimate of drug-likeness (QED) is 0.624. The van der Waals surface area contributed by atoms with Crippen LogP contribution in [0, 0.1) is 6.92 Å². The summed E-state index contributed by atoms with van der Waals surface area (Å²) in [6.07, 6.45) is -2.89. The van der Waals surface area contributed by atoms with Gasteiger partial charge >= 0.3 is 12.1 Å². The number of amides is 1. The number of thiazole rings is 1. The lowest BCUT2D eigenvalue weighted by molar-refractivity contribution is 0.0121. The van der Waals surface area contributed by atoms with E-state index in [9.17, 15) is 19.8 Å². The summed E-state index contributed by atoms with van der Waals surface area (Å²) in [7, 11) is 0. The van der Waals surface area contributed by atoms with Crippen LogP contribution in [0.5, 0.6) is 0 Å². The molecule has 0 bridgehead atoms. The summed E-state index contributed by atoms with van der Waals surface area (Å²) in [6, 6.07) is 0. The molecular weight excluding hydrogens is 348 g/mol. The van der Waals surface area contributed by atoms with Gasteiger partial charge in [-0.3, -0.25) is 0 Å². The van der Waals surface area contributed by atoms with Gasteiger partial charge in [0, 0.05) is 6.54 Å². The van der Waals surface area contributed by atoms with E-state index in [0.717, 1.165) is 11.3 Å². The van der Waals surface area contributed by atoms with Crippen molar-refractivity contribution in [1.29, 1.82) is 0 Å². The summed E-state index contributed by atoms with van der Waals surface area (Å²) in [4.78, 5) is 27.7. The summed E-state index contributed by atoms with van der Waals surface area (Å²) >= 11 is 0.984. The minimum absolute atomic E-state index is 0.105. The molecule has 2 unspecified atom stereocenters. The summed E-state index contributed by atoms with van der Waals surface area (Å²) in [5.41, 5.74) is -0.166. The molecule has 9 heteroatoms. The number of nitrogens with one attached hydrogen (secondary N) is 1. The molecule has 25 heavy (non-hydrogen) atoms. The first-order chi connectivity index (χ1) is 11.5. The molecular formula is C16H26N2O6S. The fourth-order valence-electron chi connectivity index (χ4n) is 1.89. The highest BCUT2D eigenvalue weighted by Gasteiger charge is 2.25. The van der Waals surface area contributed by atoms with Crippen LogP contribution in [0.25, 0.3) is 0 Å². The number of nitrogens with zero attached hydrogens (tertiary/aromatic N) is 1. The molecule has 0 aliphatic rings. The molecule has 1 aromatic heterocycles. The lowest BCUT2D eigenvalue weighted by Gasteiger charge is -2.20. The van der Waals surface area contributed by atoms with E-state index in [2.05, 4.69) is 10.3 Å². The van der Waals surface area contributed by atoms with E-state index in [4.69, 9.17) is 9.47 Å². The molecule has 8 nitrogen and oxygen atoms in total. The van der Waals surface area contributed by atoms with E-state index < -0.39 is 29.9 Å². The van der Waals surface area contributed by atoms with Crippen LogP contribution in [0.1, 0.15) is 60.6 Å².